The third kappa shape index (κ3) is 7.62. The van der Waals surface area contributed by atoms with E-state index in [9.17, 15) is 45.1 Å². The van der Waals surface area contributed by atoms with Crippen molar-refractivity contribution in [2.24, 2.45) is 5.41 Å². The Bertz CT molecular complexity index is 649. The summed E-state index contributed by atoms with van der Waals surface area (Å²) in [5, 5.41) is 2.54. The number of hydrogen-bond donors (Lipinski definition) is 1. The van der Waals surface area contributed by atoms with Gasteiger partial charge in [-0.25, -0.2) is 4.39 Å². The molecule has 1 N–H and O–H groups in total. The average Bonchev–Trinajstić information content (AvgIpc) is 2.45. The van der Waals surface area contributed by atoms with Crippen molar-refractivity contribution in [3.8, 4) is 0 Å². The maximum Gasteiger partial charge on any atom is 0.458 e. The van der Waals surface area contributed by atoms with Gasteiger partial charge >= 0.3 is 23.9 Å². The zero-order chi connectivity index (χ0) is 20.9. The fraction of sp³-hybridized carbons (Fsp3) is 0.400. The van der Waals surface area contributed by atoms with Crippen LogP contribution < -0.4 is 5.32 Å². The van der Waals surface area contributed by atoms with Gasteiger partial charge < -0.3 is 5.32 Å². The Morgan fingerprint density at radius 1 is 0.808 bits per heavy atom. The topological polar surface area (TPSA) is 63.2 Å². The summed E-state index contributed by atoms with van der Waals surface area (Å²) in [4.78, 5) is 30.7. The number of nitrogens with one attached hydrogen (secondary N) is 1. The van der Waals surface area contributed by atoms with Gasteiger partial charge in [0.2, 0.25) is 5.91 Å². The second-order valence-corrected chi connectivity index (χ2v) is 5.84. The van der Waals surface area contributed by atoms with Crippen molar-refractivity contribution in [2.75, 3.05) is 5.32 Å². The summed E-state index contributed by atoms with van der Waals surface area (Å²) in [6, 6.07) is 6.13. The number of amides is 1. The number of anilines is 1. The van der Waals surface area contributed by atoms with Crippen LogP contribution in [0.2, 0.25) is 0 Å². The van der Waals surface area contributed by atoms with E-state index in [1.165, 1.54) is 6.07 Å². The third-order valence-electron chi connectivity index (χ3n) is 2.52. The van der Waals surface area contributed by atoms with Crippen molar-refractivity contribution in [3.05, 3.63) is 30.1 Å². The minimum absolute atomic E-state index is 0.192. The van der Waals surface area contributed by atoms with Crippen LogP contribution in [0, 0.1) is 11.2 Å². The number of para-hydroxylation sites is 1. The zero-order valence-corrected chi connectivity index (χ0v) is 13.7. The lowest BCUT2D eigenvalue weighted by Gasteiger charge is -2.17. The van der Waals surface area contributed by atoms with Crippen LogP contribution in [-0.2, 0) is 14.4 Å². The van der Waals surface area contributed by atoms with Crippen LogP contribution in [0.4, 0.5) is 36.4 Å². The quantitative estimate of drug-likeness (QED) is 0.613. The van der Waals surface area contributed by atoms with Crippen molar-refractivity contribution < 1.29 is 45.1 Å². The lowest BCUT2D eigenvalue weighted by molar-refractivity contribution is -0.193. The molecule has 146 valence electrons. The van der Waals surface area contributed by atoms with Crippen molar-refractivity contribution in [1.82, 2.24) is 0 Å². The highest BCUT2D eigenvalue weighted by Gasteiger charge is 2.54. The van der Waals surface area contributed by atoms with Gasteiger partial charge in [-0.2, -0.15) is 26.3 Å². The normalized spacial score (nSPS) is 11.9. The van der Waals surface area contributed by atoms with E-state index in [2.05, 4.69) is 5.32 Å². The number of alkyl halides is 6. The van der Waals surface area contributed by atoms with Gasteiger partial charge in [-0.15, -0.1) is 0 Å². The molecule has 0 aliphatic rings. The van der Waals surface area contributed by atoms with Gasteiger partial charge in [-0.1, -0.05) is 32.9 Å². The van der Waals surface area contributed by atoms with Gasteiger partial charge in [0.05, 0.1) is 5.69 Å². The lowest BCUT2D eigenvalue weighted by atomic mass is 9.95. The Hall–Kier alpha value is -2.46. The predicted octanol–water partition coefficient (Wildman–Crippen LogP) is 4.06. The smallest absolute Gasteiger partial charge is 0.323 e. The molecule has 0 atom stereocenters. The maximum atomic E-state index is 13.1. The highest BCUT2D eigenvalue weighted by molar-refractivity contribution is 6.41. The van der Waals surface area contributed by atoms with E-state index < -0.39 is 35.2 Å². The first-order valence-corrected chi connectivity index (χ1v) is 6.76. The minimum Gasteiger partial charge on any atom is -0.323 e. The van der Waals surface area contributed by atoms with Gasteiger partial charge in [-0.05, 0) is 12.1 Å². The lowest BCUT2D eigenvalue weighted by Crippen LogP contribution is -2.39. The van der Waals surface area contributed by atoms with E-state index in [0.717, 1.165) is 0 Å². The van der Waals surface area contributed by atoms with Crippen molar-refractivity contribution in [3.63, 3.8) is 0 Å². The Balaban J connectivity index is 0.000000488. The summed E-state index contributed by atoms with van der Waals surface area (Å²) >= 11 is 0. The average molecular weight is 389 g/mol. The number of hydrogen-bond acceptors (Lipinski definition) is 3. The van der Waals surface area contributed by atoms with Crippen molar-refractivity contribution in [2.45, 2.75) is 33.1 Å². The third-order valence-corrected chi connectivity index (χ3v) is 2.52. The summed E-state index contributed by atoms with van der Waals surface area (Å²) in [7, 11) is 0. The largest absolute Gasteiger partial charge is 0.458 e. The molecular weight excluding hydrogens is 375 g/mol. The first kappa shape index (κ1) is 23.5. The molecule has 0 aliphatic heterocycles. The number of halogens is 7. The van der Waals surface area contributed by atoms with Crippen LogP contribution in [0.25, 0.3) is 0 Å². The number of Topliss-reactive ketones (excluding diaryl/α,β-unsaturated/α-hetero) is 2. The first-order valence-electron chi connectivity index (χ1n) is 6.76. The molecule has 0 saturated heterocycles. The molecule has 1 rings (SSSR count). The molecule has 0 unspecified atom stereocenters. The molecular formula is C15H14F7NO3. The molecule has 0 fully saturated rings. The van der Waals surface area contributed by atoms with Crippen LogP contribution in [-0.4, -0.2) is 29.8 Å². The first-order chi connectivity index (χ1) is 11.5. The molecule has 0 aromatic heterocycles. The second-order valence-electron chi connectivity index (χ2n) is 5.84. The summed E-state index contributed by atoms with van der Waals surface area (Å²) in [6.45, 7) is 5.34. The number of carbonyl (C=O) groups is 3. The van der Waals surface area contributed by atoms with Crippen LogP contribution >= 0.6 is 0 Å². The Kier molecular flexibility index (Phi) is 7.50. The molecule has 1 aromatic rings. The number of ketones is 2. The zero-order valence-electron chi connectivity index (χ0n) is 13.7. The molecule has 0 bridgehead atoms. The predicted molar refractivity (Wildman–Crippen MR) is 76.6 cm³/mol. The highest BCUT2D eigenvalue weighted by atomic mass is 19.4. The number of rotatable bonds is 2. The molecule has 0 saturated carbocycles. The van der Waals surface area contributed by atoms with E-state index >= 15 is 0 Å². The molecule has 0 radical (unpaired) electrons. The fourth-order valence-electron chi connectivity index (χ4n) is 1.13. The van der Waals surface area contributed by atoms with Crippen LogP contribution in [0.1, 0.15) is 20.8 Å². The Labute approximate surface area is 143 Å². The summed E-state index contributed by atoms with van der Waals surface area (Å²) < 4.78 is 80.1. The van der Waals surface area contributed by atoms with E-state index in [4.69, 9.17) is 0 Å². The van der Waals surface area contributed by atoms with E-state index in [1.807, 2.05) is 0 Å². The fourth-order valence-corrected chi connectivity index (χ4v) is 1.13. The summed E-state index contributed by atoms with van der Waals surface area (Å²) in [5.74, 6) is -7.42. The molecule has 26 heavy (non-hydrogen) atoms. The summed E-state index contributed by atoms with van der Waals surface area (Å²) in [5.41, 5.74) is -0.283. The molecule has 0 aliphatic carbocycles. The number of benzene rings is 1. The molecule has 0 spiro atoms. The summed E-state index contributed by atoms with van der Waals surface area (Å²) in [6.07, 6.45) is -11.5. The van der Waals surface area contributed by atoms with E-state index in [0.29, 0.717) is 0 Å². The molecule has 4 nitrogen and oxygen atoms in total. The van der Waals surface area contributed by atoms with Gasteiger partial charge in [0.25, 0.3) is 0 Å². The van der Waals surface area contributed by atoms with Gasteiger partial charge in [0.15, 0.2) is 0 Å². The molecule has 1 amide bonds. The number of carbonyl (C=O) groups excluding carboxylic acids is 3. The van der Waals surface area contributed by atoms with Crippen LogP contribution in [0.15, 0.2) is 24.3 Å². The van der Waals surface area contributed by atoms with Crippen molar-refractivity contribution >= 4 is 23.2 Å². The van der Waals surface area contributed by atoms with E-state index in [-0.39, 0.29) is 11.6 Å². The minimum atomic E-state index is -5.77. The van der Waals surface area contributed by atoms with Gasteiger partial charge in [-0.3, -0.25) is 14.4 Å². The van der Waals surface area contributed by atoms with Crippen molar-refractivity contribution in [1.29, 1.82) is 0 Å². The second kappa shape index (κ2) is 8.28. The monoisotopic (exact) mass is 389 g/mol. The van der Waals surface area contributed by atoms with E-state index in [1.54, 1.807) is 39.0 Å². The highest BCUT2D eigenvalue weighted by Crippen LogP contribution is 2.24. The van der Waals surface area contributed by atoms with Gasteiger partial charge in [0, 0.05) is 5.41 Å². The maximum absolute atomic E-state index is 13.1. The van der Waals surface area contributed by atoms with Crippen LogP contribution in [0.5, 0.6) is 0 Å². The Morgan fingerprint density at radius 3 is 1.50 bits per heavy atom. The Morgan fingerprint density at radius 2 is 1.19 bits per heavy atom. The van der Waals surface area contributed by atoms with Gasteiger partial charge in [0.1, 0.15) is 5.82 Å². The molecule has 0 heterocycles. The SMILES string of the molecule is CC(C)(C)C(=O)Nc1ccccc1F.O=C(C(=O)C(F)(F)F)C(F)(F)F. The molecule has 1 aromatic carbocycles. The molecule has 11 heteroatoms. The standard InChI is InChI=1S/C11H14FNO.C4F6O2/c1-11(2,3)10(14)13-9-7-5-4-6-8(9)12;5-3(6,7)1(11)2(12)4(8,9)10/h4-7H,1-3H3,(H,13,14);. The van der Waals surface area contributed by atoms with Crippen LogP contribution in [0.3, 0.4) is 0 Å².